The first-order valence-corrected chi connectivity index (χ1v) is 11.4. The van der Waals surface area contributed by atoms with E-state index in [2.05, 4.69) is 34.1 Å². The van der Waals surface area contributed by atoms with Gasteiger partial charge in [-0.1, -0.05) is 20.3 Å². The van der Waals surface area contributed by atoms with E-state index in [0.29, 0.717) is 28.4 Å². The molecule has 2 heterocycles. The number of alkyl halides is 3. The lowest BCUT2D eigenvalue weighted by molar-refractivity contribution is -0.141. The fourth-order valence-corrected chi connectivity index (χ4v) is 5.37. The Labute approximate surface area is 194 Å². The van der Waals surface area contributed by atoms with Gasteiger partial charge >= 0.3 is 6.18 Å². The maximum Gasteiger partial charge on any atom is 0.433 e. The van der Waals surface area contributed by atoms with Gasteiger partial charge in [0.15, 0.2) is 0 Å². The number of nitrogen functional groups attached to an aromatic ring is 1. The highest BCUT2D eigenvalue weighted by Crippen LogP contribution is 2.46. The van der Waals surface area contributed by atoms with Crippen LogP contribution in [0, 0.1) is 10.8 Å². The smallest absolute Gasteiger partial charge is 0.398 e. The molecule has 4 rings (SSSR count). The van der Waals surface area contributed by atoms with Gasteiger partial charge in [0.05, 0.1) is 9.88 Å². The minimum Gasteiger partial charge on any atom is -0.398 e. The second-order valence-electron chi connectivity index (χ2n) is 9.08. The Kier molecular flexibility index (Phi) is 6.13. The van der Waals surface area contributed by atoms with Gasteiger partial charge in [0.2, 0.25) is 5.95 Å². The maximum atomic E-state index is 13.0. The van der Waals surface area contributed by atoms with Crippen molar-refractivity contribution in [1.82, 2.24) is 15.0 Å². The summed E-state index contributed by atoms with van der Waals surface area (Å²) in [6.07, 6.45) is 3.94. The largest absolute Gasteiger partial charge is 0.433 e. The summed E-state index contributed by atoms with van der Waals surface area (Å²) in [5.74, 6) is 0.210. The maximum absolute atomic E-state index is 13.0. The number of hydrogen-bond acceptors (Lipinski definition) is 7. The van der Waals surface area contributed by atoms with Crippen LogP contribution in [0.15, 0.2) is 30.6 Å². The number of hydrogen-bond donors (Lipinski definition) is 3. The van der Waals surface area contributed by atoms with E-state index in [1.165, 1.54) is 12.8 Å². The van der Waals surface area contributed by atoms with Crippen LogP contribution in [0.2, 0.25) is 0 Å². The van der Waals surface area contributed by atoms with Crippen LogP contribution in [0.4, 0.5) is 30.5 Å². The molecular weight excluding hydrogens is 449 g/mol. The van der Waals surface area contributed by atoms with Gasteiger partial charge in [0.25, 0.3) is 0 Å². The Hall–Kier alpha value is -3.01. The number of nitrogens with one attached hydrogen (secondary N) is 2. The topological polar surface area (TPSA) is 101 Å². The monoisotopic (exact) mass is 474 g/mol. The molecule has 6 nitrogen and oxygen atoms in total. The Morgan fingerprint density at radius 2 is 2.06 bits per heavy atom. The van der Waals surface area contributed by atoms with Crippen LogP contribution >= 0.6 is 11.3 Å². The zero-order chi connectivity index (χ0) is 23.8. The van der Waals surface area contributed by atoms with Crippen LogP contribution in [0.25, 0.3) is 10.4 Å². The molecule has 33 heavy (non-hydrogen) atoms. The molecule has 10 heteroatoms. The molecular formula is C23H25F3N6S. The second-order valence-corrected chi connectivity index (χ2v) is 10.1. The molecule has 2 aromatic heterocycles. The summed E-state index contributed by atoms with van der Waals surface area (Å²) in [6, 6.07) is 4.13. The Morgan fingerprint density at radius 3 is 2.76 bits per heavy atom. The first-order chi connectivity index (χ1) is 15.6. The van der Waals surface area contributed by atoms with E-state index in [9.17, 15) is 13.2 Å². The van der Waals surface area contributed by atoms with E-state index in [1.54, 1.807) is 29.7 Å². The van der Waals surface area contributed by atoms with Gasteiger partial charge in [0, 0.05) is 47.0 Å². The summed E-state index contributed by atoms with van der Waals surface area (Å²) in [6.45, 7) is 4.57. The van der Waals surface area contributed by atoms with Crippen molar-refractivity contribution in [1.29, 1.82) is 5.41 Å². The molecule has 1 unspecified atom stereocenters. The van der Waals surface area contributed by atoms with E-state index in [1.807, 2.05) is 0 Å². The molecule has 4 N–H and O–H groups in total. The predicted octanol–water partition coefficient (Wildman–Crippen LogP) is 6.63. The highest BCUT2D eigenvalue weighted by molar-refractivity contribution is 7.15. The minimum atomic E-state index is -4.57. The van der Waals surface area contributed by atoms with Crippen molar-refractivity contribution in [2.45, 2.75) is 51.6 Å². The zero-order valence-corrected chi connectivity index (χ0v) is 19.1. The molecule has 0 amide bonds. The first-order valence-electron chi connectivity index (χ1n) is 10.6. The number of rotatable bonds is 5. The van der Waals surface area contributed by atoms with Crippen LogP contribution in [-0.4, -0.2) is 21.2 Å². The molecule has 1 atom stereocenters. The van der Waals surface area contributed by atoms with Crippen LogP contribution in [0.1, 0.15) is 61.7 Å². The molecule has 1 aliphatic carbocycles. The van der Waals surface area contributed by atoms with Crippen molar-refractivity contribution in [2.24, 2.45) is 5.41 Å². The zero-order valence-electron chi connectivity index (χ0n) is 18.3. The quantitative estimate of drug-likeness (QED) is 0.285. The standard InChI is InChI=1S/C23H25F3N6S/c1-22(2)6-3-4-13(10-22)20-30-12-17(33-20)16-9-15(8-14(11-27)19(16)28)31-21-29-7-5-18(32-21)23(24,25)26/h5,7-9,11-13,27H,3-4,6,10,28H2,1-2H3,(H,29,31,32). The Bertz CT molecular complexity index is 1170. The van der Waals surface area contributed by atoms with Gasteiger partial charge in [-0.15, -0.1) is 11.3 Å². The third-order valence-corrected chi connectivity index (χ3v) is 7.11. The van der Waals surface area contributed by atoms with Crippen molar-refractivity contribution >= 4 is 34.9 Å². The van der Waals surface area contributed by atoms with E-state index in [-0.39, 0.29) is 11.4 Å². The van der Waals surface area contributed by atoms with Crippen LogP contribution in [0.3, 0.4) is 0 Å². The average Bonchev–Trinajstić information content (AvgIpc) is 3.24. The Balaban J connectivity index is 1.66. The number of nitrogens with two attached hydrogens (primary N) is 1. The van der Waals surface area contributed by atoms with E-state index >= 15 is 0 Å². The molecule has 1 aliphatic rings. The second kappa shape index (κ2) is 8.74. The van der Waals surface area contributed by atoms with Crippen LogP contribution < -0.4 is 11.1 Å². The molecule has 174 valence electrons. The van der Waals surface area contributed by atoms with Gasteiger partial charge in [-0.05, 0) is 42.9 Å². The van der Waals surface area contributed by atoms with Gasteiger partial charge < -0.3 is 16.5 Å². The molecule has 0 radical (unpaired) electrons. The molecule has 0 aliphatic heterocycles. The van der Waals surface area contributed by atoms with Crippen molar-refractivity contribution in [3.8, 4) is 10.4 Å². The molecule has 0 bridgehead atoms. The number of nitrogens with zero attached hydrogens (tertiary/aromatic N) is 3. The normalized spacial score (nSPS) is 18.2. The lowest BCUT2D eigenvalue weighted by Gasteiger charge is -2.34. The van der Waals surface area contributed by atoms with Crippen molar-refractivity contribution in [3.63, 3.8) is 0 Å². The van der Waals surface area contributed by atoms with Gasteiger partial charge in [-0.2, -0.15) is 13.2 Å². The van der Waals surface area contributed by atoms with E-state index in [0.717, 1.165) is 41.2 Å². The summed E-state index contributed by atoms with van der Waals surface area (Å²) in [5, 5.41) is 11.6. The van der Waals surface area contributed by atoms with Crippen molar-refractivity contribution < 1.29 is 13.2 Å². The lowest BCUT2D eigenvalue weighted by atomic mass is 9.72. The summed E-state index contributed by atoms with van der Waals surface area (Å²) >= 11 is 1.57. The summed E-state index contributed by atoms with van der Waals surface area (Å²) in [5.41, 5.74) is 7.53. The fraction of sp³-hybridized carbons (Fsp3) is 0.391. The highest BCUT2D eigenvalue weighted by Gasteiger charge is 2.33. The number of benzene rings is 1. The van der Waals surface area contributed by atoms with Crippen molar-refractivity contribution in [2.75, 3.05) is 11.1 Å². The lowest BCUT2D eigenvalue weighted by Crippen LogP contribution is -2.21. The fourth-order valence-electron chi connectivity index (χ4n) is 4.29. The van der Waals surface area contributed by atoms with Gasteiger partial charge in [-0.25, -0.2) is 15.0 Å². The van der Waals surface area contributed by atoms with E-state index in [4.69, 9.17) is 11.1 Å². The first kappa shape index (κ1) is 23.2. The molecule has 3 aromatic rings. The third kappa shape index (κ3) is 5.16. The predicted molar refractivity (Wildman–Crippen MR) is 125 cm³/mol. The summed E-state index contributed by atoms with van der Waals surface area (Å²) in [7, 11) is 0. The Morgan fingerprint density at radius 1 is 1.27 bits per heavy atom. The number of anilines is 3. The van der Waals surface area contributed by atoms with Gasteiger partial charge in [0.1, 0.15) is 5.69 Å². The van der Waals surface area contributed by atoms with E-state index < -0.39 is 11.9 Å². The summed E-state index contributed by atoms with van der Waals surface area (Å²) in [4.78, 5) is 13.0. The SMILES string of the molecule is CC1(C)CCCC(c2ncc(-c3cc(Nc4nccc(C(F)(F)F)n4)cc(C=N)c3N)s2)C1. The van der Waals surface area contributed by atoms with Gasteiger partial charge in [-0.3, -0.25) is 0 Å². The molecule has 0 saturated heterocycles. The molecule has 0 spiro atoms. The highest BCUT2D eigenvalue weighted by atomic mass is 32.1. The third-order valence-electron chi connectivity index (χ3n) is 5.91. The average molecular weight is 475 g/mol. The molecule has 1 fully saturated rings. The number of halogens is 3. The van der Waals surface area contributed by atoms with Crippen LogP contribution in [0.5, 0.6) is 0 Å². The number of aromatic nitrogens is 3. The molecule has 1 saturated carbocycles. The number of thiazole rings is 1. The summed E-state index contributed by atoms with van der Waals surface area (Å²) < 4.78 is 39.0. The minimum absolute atomic E-state index is 0.189. The van der Waals surface area contributed by atoms with Crippen molar-refractivity contribution in [3.05, 3.63) is 46.9 Å². The van der Waals surface area contributed by atoms with Crippen LogP contribution in [-0.2, 0) is 6.18 Å². The molecule has 1 aromatic carbocycles.